The lowest BCUT2D eigenvalue weighted by atomic mass is 9.67. The number of aryl methyl sites for hydroxylation is 1. The minimum absolute atomic E-state index is 0.193. The topological polar surface area (TPSA) is 82.1 Å². The summed E-state index contributed by atoms with van der Waals surface area (Å²) in [7, 11) is -3.89. The zero-order chi connectivity index (χ0) is 30.8. The van der Waals surface area contributed by atoms with Crippen LogP contribution in [0.4, 0.5) is 0 Å². The summed E-state index contributed by atoms with van der Waals surface area (Å²) >= 11 is 0. The fourth-order valence-electron chi connectivity index (χ4n) is 5.23. The summed E-state index contributed by atoms with van der Waals surface area (Å²) in [4.78, 5) is 12.9. The van der Waals surface area contributed by atoms with Gasteiger partial charge in [0.05, 0.1) is 28.3 Å². The van der Waals surface area contributed by atoms with Gasteiger partial charge >= 0.3 is 13.1 Å². The van der Waals surface area contributed by atoms with Gasteiger partial charge in [0.15, 0.2) is 0 Å². The highest BCUT2D eigenvalue weighted by atomic mass is 32.2. The van der Waals surface area contributed by atoms with Crippen LogP contribution in [-0.4, -0.2) is 56.7 Å². The molecule has 1 heterocycles. The summed E-state index contributed by atoms with van der Waals surface area (Å²) in [6.07, 6.45) is 7.16. The molecule has 1 aliphatic heterocycles. The van der Waals surface area contributed by atoms with Crippen LogP contribution in [0.15, 0.2) is 59.5 Å². The predicted octanol–water partition coefficient (Wildman–Crippen LogP) is 7.31. The van der Waals surface area contributed by atoms with Gasteiger partial charge in [0.2, 0.25) is 10.0 Å². The Hall–Kier alpha value is -2.20. The SMILES string of the molecule is CCCN(CCC)S(=O)(=O)c1ccc(C(=O)OCCC[C@H](CCCCc2ccccc2)B2OC(C)(C)C(C)(C)O2)cc1. The third-order valence-corrected chi connectivity index (χ3v) is 10.3. The Morgan fingerprint density at radius 1 is 0.857 bits per heavy atom. The molecule has 1 aliphatic rings. The van der Waals surface area contributed by atoms with Gasteiger partial charge in [0.25, 0.3) is 0 Å². The van der Waals surface area contributed by atoms with E-state index in [-0.39, 0.29) is 24.4 Å². The van der Waals surface area contributed by atoms with Gasteiger partial charge < -0.3 is 14.0 Å². The summed E-state index contributed by atoms with van der Waals surface area (Å²) in [5.74, 6) is -0.257. The monoisotopic (exact) mass is 599 g/mol. The average Bonchev–Trinajstić information content (AvgIpc) is 3.18. The number of sulfonamides is 1. The van der Waals surface area contributed by atoms with Gasteiger partial charge in [0.1, 0.15) is 0 Å². The molecule has 7 nitrogen and oxygen atoms in total. The molecule has 0 amide bonds. The van der Waals surface area contributed by atoms with Crippen LogP contribution in [0.5, 0.6) is 0 Å². The molecule has 0 radical (unpaired) electrons. The van der Waals surface area contributed by atoms with Crippen LogP contribution in [0.3, 0.4) is 0 Å². The molecule has 1 fully saturated rings. The minimum atomic E-state index is -3.59. The first-order valence-electron chi connectivity index (χ1n) is 15.6. The van der Waals surface area contributed by atoms with Crippen molar-refractivity contribution in [2.45, 2.75) is 115 Å². The highest BCUT2D eigenvalue weighted by Crippen LogP contribution is 2.42. The Kier molecular flexibility index (Phi) is 12.7. The fourth-order valence-corrected chi connectivity index (χ4v) is 6.86. The second-order valence-electron chi connectivity index (χ2n) is 12.3. The van der Waals surface area contributed by atoms with Crippen molar-refractivity contribution in [3.63, 3.8) is 0 Å². The van der Waals surface area contributed by atoms with Crippen molar-refractivity contribution < 1.29 is 27.3 Å². The van der Waals surface area contributed by atoms with Gasteiger partial charge in [-0.25, -0.2) is 13.2 Å². The standard InChI is InChI=1S/C33H50BNO6S/c1-7-24-35(25-8-2)42(37,38)30-22-20-28(21-23-30)31(36)39-26-14-19-29(34-40-32(3,4)33(5,6)41-34)18-13-12-17-27-15-10-9-11-16-27/h9-11,15-16,20-23,29H,7-8,12-14,17-19,24-26H2,1-6H3/t29-/m0/s1. The number of hydrogen-bond acceptors (Lipinski definition) is 6. The van der Waals surface area contributed by atoms with Crippen molar-refractivity contribution in [2.24, 2.45) is 0 Å². The van der Waals surface area contributed by atoms with Gasteiger partial charge in [-0.1, -0.05) is 57.0 Å². The molecular weight excluding hydrogens is 549 g/mol. The number of benzene rings is 2. The van der Waals surface area contributed by atoms with E-state index in [0.29, 0.717) is 25.1 Å². The molecule has 2 aromatic rings. The van der Waals surface area contributed by atoms with E-state index in [4.69, 9.17) is 14.0 Å². The molecule has 0 bridgehead atoms. The maximum absolute atomic E-state index is 13.0. The number of ether oxygens (including phenoxy) is 1. The van der Waals surface area contributed by atoms with Crippen molar-refractivity contribution >= 4 is 23.1 Å². The zero-order valence-corrected chi connectivity index (χ0v) is 27.3. The lowest BCUT2D eigenvalue weighted by Gasteiger charge is -2.32. The first-order valence-corrected chi connectivity index (χ1v) is 17.0. The maximum atomic E-state index is 13.0. The Bertz CT molecular complexity index is 1190. The molecule has 42 heavy (non-hydrogen) atoms. The molecule has 9 heteroatoms. The van der Waals surface area contributed by atoms with Crippen LogP contribution >= 0.6 is 0 Å². The van der Waals surface area contributed by atoms with Gasteiger partial charge in [0, 0.05) is 13.1 Å². The summed E-state index contributed by atoms with van der Waals surface area (Å²) in [6.45, 7) is 13.4. The molecule has 3 rings (SSSR count). The molecule has 0 spiro atoms. The Balaban J connectivity index is 1.53. The van der Waals surface area contributed by atoms with E-state index in [9.17, 15) is 13.2 Å². The predicted molar refractivity (Wildman–Crippen MR) is 169 cm³/mol. The molecule has 232 valence electrons. The summed E-state index contributed by atoms with van der Waals surface area (Å²) in [5, 5.41) is 0. The lowest BCUT2D eigenvalue weighted by molar-refractivity contribution is 0.00578. The maximum Gasteiger partial charge on any atom is 0.461 e. The number of nitrogens with zero attached hydrogens (tertiary/aromatic N) is 1. The second-order valence-corrected chi connectivity index (χ2v) is 14.3. The number of hydrogen-bond donors (Lipinski definition) is 0. The van der Waals surface area contributed by atoms with Gasteiger partial charge in [-0.05, 0) is 102 Å². The van der Waals surface area contributed by atoms with E-state index in [0.717, 1.165) is 44.9 Å². The third-order valence-electron chi connectivity index (χ3n) is 8.42. The fraction of sp³-hybridized carbons (Fsp3) is 0.606. The van der Waals surface area contributed by atoms with E-state index in [2.05, 4.69) is 52.0 Å². The van der Waals surface area contributed by atoms with Crippen molar-refractivity contribution in [3.05, 3.63) is 65.7 Å². The minimum Gasteiger partial charge on any atom is -0.462 e. The van der Waals surface area contributed by atoms with Gasteiger partial charge in [-0.15, -0.1) is 0 Å². The van der Waals surface area contributed by atoms with Gasteiger partial charge in [-0.3, -0.25) is 0 Å². The van der Waals surface area contributed by atoms with Crippen LogP contribution in [-0.2, 0) is 30.5 Å². The smallest absolute Gasteiger partial charge is 0.461 e. The molecule has 1 atom stereocenters. The van der Waals surface area contributed by atoms with E-state index in [1.807, 2.05) is 19.9 Å². The average molecular weight is 600 g/mol. The lowest BCUT2D eigenvalue weighted by Crippen LogP contribution is -2.41. The molecule has 0 unspecified atom stereocenters. The third kappa shape index (κ3) is 9.15. The Morgan fingerprint density at radius 3 is 2.00 bits per heavy atom. The van der Waals surface area contributed by atoms with E-state index >= 15 is 0 Å². The number of rotatable bonds is 17. The highest BCUT2D eigenvalue weighted by Gasteiger charge is 2.53. The molecule has 0 saturated carbocycles. The summed E-state index contributed by atoms with van der Waals surface area (Å²) < 4.78 is 45.9. The Labute approximate surface area is 254 Å². The van der Waals surface area contributed by atoms with Crippen LogP contribution in [0.25, 0.3) is 0 Å². The second kappa shape index (κ2) is 15.5. The number of esters is 1. The van der Waals surface area contributed by atoms with Crippen LogP contribution < -0.4 is 0 Å². The molecule has 0 aliphatic carbocycles. The quantitative estimate of drug-likeness (QED) is 0.108. The largest absolute Gasteiger partial charge is 0.462 e. The van der Waals surface area contributed by atoms with Crippen LogP contribution in [0.1, 0.15) is 102 Å². The first kappa shape index (κ1) is 34.3. The summed E-state index contributed by atoms with van der Waals surface area (Å²) in [5.41, 5.74) is 0.906. The molecule has 2 aromatic carbocycles. The molecule has 0 aromatic heterocycles. The highest BCUT2D eigenvalue weighted by molar-refractivity contribution is 7.89. The van der Waals surface area contributed by atoms with Crippen molar-refractivity contribution in [1.82, 2.24) is 4.31 Å². The normalized spacial score (nSPS) is 17.0. The van der Waals surface area contributed by atoms with E-state index in [1.165, 1.54) is 34.1 Å². The number of carbonyl (C=O) groups is 1. The molecular formula is C33H50BNO6S. The van der Waals surface area contributed by atoms with Gasteiger partial charge in [-0.2, -0.15) is 4.31 Å². The zero-order valence-electron chi connectivity index (χ0n) is 26.4. The number of unbranched alkanes of at least 4 members (excludes halogenated alkanes) is 1. The number of carbonyl (C=O) groups excluding carboxylic acids is 1. The molecule has 1 saturated heterocycles. The Morgan fingerprint density at radius 2 is 1.43 bits per heavy atom. The van der Waals surface area contributed by atoms with E-state index in [1.54, 1.807) is 0 Å². The van der Waals surface area contributed by atoms with Crippen LogP contribution in [0, 0.1) is 0 Å². The van der Waals surface area contributed by atoms with Crippen LogP contribution in [0.2, 0.25) is 5.82 Å². The molecule has 0 N–H and O–H groups in total. The van der Waals surface area contributed by atoms with Crippen molar-refractivity contribution in [3.8, 4) is 0 Å². The van der Waals surface area contributed by atoms with Crippen molar-refractivity contribution in [1.29, 1.82) is 0 Å². The van der Waals surface area contributed by atoms with E-state index < -0.39 is 27.2 Å². The summed E-state index contributed by atoms with van der Waals surface area (Å²) in [6, 6.07) is 16.6. The van der Waals surface area contributed by atoms with Crippen molar-refractivity contribution in [2.75, 3.05) is 19.7 Å². The first-order chi connectivity index (χ1) is 19.9.